The third-order valence-corrected chi connectivity index (χ3v) is 3.05. The van der Waals surface area contributed by atoms with Gasteiger partial charge in [-0.25, -0.2) is 4.98 Å². The lowest BCUT2D eigenvalue weighted by Gasteiger charge is -2.22. The van der Waals surface area contributed by atoms with Gasteiger partial charge in [-0.3, -0.25) is 4.90 Å². The van der Waals surface area contributed by atoms with Crippen LogP contribution in [0.1, 0.15) is 5.56 Å². The Morgan fingerprint density at radius 2 is 1.95 bits per heavy atom. The zero-order valence-corrected chi connectivity index (χ0v) is 11.5. The Kier molecular flexibility index (Phi) is 4.64. The predicted octanol–water partition coefficient (Wildman–Crippen LogP) is 2.23. The average molecular weight is 299 g/mol. The maximum absolute atomic E-state index is 12.3. The minimum atomic E-state index is -4.58. The van der Waals surface area contributed by atoms with Gasteiger partial charge >= 0.3 is 6.18 Å². The van der Waals surface area contributed by atoms with Gasteiger partial charge in [-0.15, -0.1) is 0 Å². The molecule has 0 saturated carbocycles. The van der Waals surface area contributed by atoms with Gasteiger partial charge in [0, 0.05) is 31.2 Å². The maximum atomic E-state index is 12.3. The second-order valence-corrected chi connectivity index (χ2v) is 4.89. The smallest absolute Gasteiger partial charge is 0.382 e. The fourth-order valence-electron chi connectivity index (χ4n) is 1.96. The van der Waals surface area contributed by atoms with E-state index in [-0.39, 0.29) is 0 Å². The molecule has 1 unspecified atom stereocenters. The molecule has 1 N–H and O–H groups in total. The van der Waals surface area contributed by atoms with Gasteiger partial charge in [0.1, 0.15) is 0 Å². The summed E-state index contributed by atoms with van der Waals surface area (Å²) >= 11 is 0. The SMILES string of the molecule is CN(Cc1ccc(-n2ccnc2)cc1)CC(O)C(F)(F)F. The van der Waals surface area contributed by atoms with Crippen molar-refractivity contribution >= 4 is 0 Å². The standard InChI is InChI=1S/C14H16F3N3O/c1-19(9-13(21)14(15,16)17)8-11-2-4-12(5-3-11)20-7-6-18-10-20/h2-7,10,13,21H,8-9H2,1H3. The van der Waals surface area contributed by atoms with E-state index in [1.165, 1.54) is 4.90 Å². The van der Waals surface area contributed by atoms with E-state index in [0.717, 1.165) is 11.3 Å². The van der Waals surface area contributed by atoms with Crippen molar-refractivity contribution in [3.8, 4) is 5.69 Å². The monoisotopic (exact) mass is 299 g/mol. The van der Waals surface area contributed by atoms with E-state index in [1.54, 1.807) is 25.8 Å². The zero-order valence-electron chi connectivity index (χ0n) is 11.5. The van der Waals surface area contributed by atoms with Crippen LogP contribution in [-0.2, 0) is 6.54 Å². The van der Waals surface area contributed by atoms with Crippen LogP contribution in [0.25, 0.3) is 5.69 Å². The van der Waals surface area contributed by atoms with Gasteiger partial charge in [0.05, 0.1) is 6.33 Å². The third kappa shape index (κ3) is 4.30. The molecule has 2 rings (SSSR count). The number of alkyl halides is 3. The number of aliphatic hydroxyl groups excluding tert-OH is 1. The Bertz CT molecular complexity index is 552. The summed E-state index contributed by atoms with van der Waals surface area (Å²) < 4.78 is 38.7. The number of hydrogen-bond donors (Lipinski definition) is 1. The highest BCUT2D eigenvalue weighted by molar-refractivity contribution is 5.34. The first kappa shape index (κ1) is 15.5. The summed E-state index contributed by atoms with van der Waals surface area (Å²) in [5.41, 5.74) is 1.80. The molecule has 0 amide bonds. The van der Waals surface area contributed by atoms with Crippen LogP contribution in [0.2, 0.25) is 0 Å². The summed E-state index contributed by atoms with van der Waals surface area (Å²) in [7, 11) is 1.54. The minimum absolute atomic E-state index is 0.331. The molecule has 0 aliphatic carbocycles. The molecule has 0 spiro atoms. The quantitative estimate of drug-likeness (QED) is 0.920. The van der Waals surface area contributed by atoms with Gasteiger partial charge in [0.15, 0.2) is 6.10 Å². The lowest BCUT2D eigenvalue weighted by atomic mass is 10.2. The number of nitrogens with zero attached hydrogens (tertiary/aromatic N) is 3. The molecule has 21 heavy (non-hydrogen) atoms. The van der Waals surface area contributed by atoms with Gasteiger partial charge in [0.2, 0.25) is 0 Å². The van der Waals surface area contributed by atoms with Gasteiger partial charge in [0.25, 0.3) is 0 Å². The molecule has 0 radical (unpaired) electrons. The largest absolute Gasteiger partial charge is 0.415 e. The molecule has 0 aliphatic heterocycles. The van der Waals surface area contributed by atoms with E-state index in [1.807, 2.05) is 28.8 Å². The predicted molar refractivity (Wildman–Crippen MR) is 72.0 cm³/mol. The van der Waals surface area contributed by atoms with E-state index >= 15 is 0 Å². The van der Waals surface area contributed by atoms with Crippen LogP contribution >= 0.6 is 0 Å². The van der Waals surface area contributed by atoms with E-state index in [9.17, 15) is 13.2 Å². The summed E-state index contributed by atoms with van der Waals surface area (Å²) in [5.74, 6) is 0. The van der Waals surface area contributed by atoms with Crippen molar-refractivity contribution in [3.63, 3.8) is 0 Å². The third-order valence-electron chi connectivity index (χ3n) is 3.05. The van der Waals surface area contributed by atoms with Crippen LogP contribution < -0.4 is 0 Å². The van der Waals surface area contributed by atoms with E-state index < -0.39 is 18.8 Å². The van der Waals surface area contributed by atoms with Crippen molar-refractivity contribution in [3.05, 3.63) is 48.5 Å². The fourth-order valence-corrected chi connectivity index (χ4v) is 1.96. The highest BCUT2D eigenvalue weighted by atomic mass is 19.4. The van der Waals surface area contributed by atoms with Crippen molar-refractivity contribution in [2.75, 3.05) is 13.6 Å². The van der Waals surface area contributed by atoms with E-state index in [4.69, 9.17) is 5.11 Å². The Balaban J connectivity index is 1.94. The fraction of sp³-hybridized carbons (Fsp3) is 0.357. The lowest BCUT2D eigenvalue weighted by molar-refractivity contribution is -0.207. The van der Waals surface area contributed by atoms with Crippen LogP contribution in [-0.4, -0.2) is 45.4 Å². The molecule has 0 saturated heterocycles. The molecule has 1 atom stereocenters. The molecular weight excluding hydrogens is 283 g/mol. The van der Waals surface area contributed by atoms with Crippen LogP contribution in [0, 0.1) is 0 Å². The number of benzene rings is 1. The summed E-state index contributed by atoms with van der Waals surface area (Å²) in [6, 6.07) is 7.41. The van der Waals surface area contributed by atoms with Gasteiger partial charge in [-0.05, 0) is 24.7 Å². The molecule has 0 bridgehead atoms. The summed E-state index contributed by atoms with van der Waals surface area (Å²) in [4.78, 5) is 5.38. The number of halogens is 3. The highest BCUT2D eigenvalue weighted by Crippen LogP contribution is 2.21. The van der Waals surface area contributed by atoms with Crippen molar-refractivity contribution in [1.29, 1.82) is 0 Å². The number of rotatable bonds is 5. The number of imidazole rings is 1. The second-order valence-electron chi connectivity index (χ2n) is 4.89. The number of likely N-dealkylation sites (N-methyl/N-ethyl adjacent to an activating group) is 1. The van der Waals surface area contributed by atoms with Gasteiger partial charge < -0.3 is 9.67 Å². The molecular formula is C14H16F3N3O. The van der Waals surface area contributed by atoms with Crippen molar-refractivity contribution < 1.29 is 18.3 Å². The molecule has 4 nitrogen and oxygen atoms in total. The van der Waals surface area contributed by atoms with Crippen LogP contribution in [0.4, 0.5) is 13.2 Å². The molecule has 0 aliphatic rings. The lowest BCUT2D eigenvalue weighted by Crippen LogP contribution is -2.39. The Labute approximate surface area is 120 Å². The van der Waals surface area contributed by atoms with Crippen molar-refractivity contribution in [2.24, 2.45) is 0 Å². The van der Waals surface area contributed by atoms with Crippen LogP contribution in [0.5, 0.6) is 0 Å². The minimum Gasteiger partial charge on any atom is -0.382 e. The second kappa shape index (κ2) is 6.28. The number of aromatic nitrogens is 2. The zero-order chi connectivity index (χ0) is 15.5. The number of aliphatic hydroxyl groups is 1. The first-order valence-electron chi connectivity index (χ1n) is 6.37. The Morgan fingerprint density at radius 3 is 2.48 bits per heavy atom. The molecule has 2 aromatic rings. The van der Waals surface area contributed by atoms with E-state index in [2.05, 4.69) is 4.98 Å². The Hall–Kier alpha value is -1.86. The number of hydrogen-bond acceptors (Lipinski definition) is 3. The van der Waals surface area contributed by atoms with Crippen molar-refractivity contribution in [2.45, 2.75) is 18.8 Å². The topological polar surface area (TPSA) is 41.3 Å². The summed E-state index contributed by atoms with van der Waals surface area (Å²) in [5, 5.41) is 9.03. The molecule has 0 fully saturated rings. The first-order chi connectivity index (χ1) is 9.86. The molecule has 7 heteroatoms. The van der Waals surface area contributed by atoms with E-state index in [0.29, 0.717) is 6.54 Å². The summed E-state index contributed by atoms with van der Waals surface area (Å²) in [6.45, 7) is -0.121. The van der Waals surface area contributed by atoms with Gasteiger partial charge in [-0.1, -0.05) is 12.1 Å². The highest BCUT2D eigenvalue weighted by Gasteiger charge is 2.38. The van der Waals surface area contributed by atoms with Crippen LogP contribution in [0.15, 0.2) is 43.0 Å². The normalized spacial score (nSPS) is 13.6. The molecule has 1 aromatic carbocycles. The molecule has 1 aromatic heterocycles. The first-order valence-corrected chi connectivity index (χ1v) is 6.37. The average Bonchev–Trinajstić information content (AvgIpc) is 2.92. The van der Waals surface area contributed by atoms with Crippen LogP contribution in [0.3, 0.4) is 0 Å². The molecule has 114 valence electrons. The Morgan fingerprint density at radius 1 is 1.29 bits per heavy atom. The maximum Gasteiger partial charge on any atom is 0.415 e. The molecule has 1 heterocycles. The van der Waals surface area contributed by atoms with Gasteiger partial charge in [-0.2, -0.15) is 13.2 Å². The van der Waals surface area contributed by atoms with Crippen molar-refractivity contribution in [1.82, 2.24) is 14.5 Å². The summed E-state index contributed by atoms with van der Waals surface area (Å²) in [6.07, 6.45) is -1.77.